The Morgan fingerprint density at radius 3 is 2.32 bits per heavy atom. The average molecular weight is 305 g/mol. The third-order valence-electron chi connectivity index (χ3n) is 3.69. The van der Waals surface area contributed by atoms with Crippen LogP contribution >= 0.6 is 0 Å². The van der Waals surface area contributed by atoms with Gasteiger partial charge in [-0.3, -0.25) is 4.79 Å². The molecular formula is C17H19F2N2O+. The van der Waals surface area contributed by atoms with E-state index in [9.17, 15) is 13.6 Å². The molecule has 0 aromatic heterocycles. The second-order valence-corrected chi connectivity index (χ2v) is 5.31. The first-order chi connectivity index (χ1) is 10.5. The normalized spacial score (nSPS) is 13.5. The summed E-state index contributed by atoms with van der Waals surface area (Å²) >= 11 is 0. The molecule has 2 atom stereocenters. The molecule has 0 aliphatic carbocycles. The molecule has 0 saturated heterocycles. The predicted octanol–water partition coefficient (Wildman–Crippen LogP) is 2.01. The maximum absolute atomic E-state index is 13.7. The van der Waals surface area contributed by atoms with Crippen LogP contribution in [0.15, 0.2) is 48.5 Å². The van der Waals surface area contributed by atoms with Gasteiger partial charge < -0.3 is 10.2 Å². The minimum Gasteiger partial charge on any atom is -0.324 e. The summed E-state index contributed by atoms with van der Waals surface area (Å²) in [4.78, 5) is 13.0. The number of rotatable bonds is 5. The zero-order valence-corrected chi connectivity index (χ0v) is 12.6. The molecule has 116 valence electrons. The van der Waals surface area contributed by atoms with Crippen LogP contribution in [0.1, 0.15) is 12.5 Å². The molecular weight excluding hydrogens is 286 g/mol. The fourth-order valence-electron chi connectivity index (χ4n) is 2.12. The predicted molar refractivity (Wildman–Crippen MR) is 81.5 cm³/mol. The van der Waals surface area contributed by atoms with Gasteiger partial charge in [0.15, 0.2) is 6.04 Å². The Labute approximate surface area is 128 Å². The largest absolute Gasteiger partial charge is 0.324 e. The van der Waals surface area contributed by atoms with Gasteiger partial charge in [-0.15, -0.1) is 0 Å². The summed E-state index contributed by atoms with van der Waals surface area (Å²) < 4.78 is 27.2. The van der Waals surface area contributed by atoms with Crippen LogP contribution in [0.25, 0.3) is 0 Å². The van der Waals surface area contributed by atoms with Crippen molar-refractivity contribution in [2.24, 2.45) is 0 Å². The van der Waals surface area contributed by atoms with Gasteiger partial charge in [0.25, 0.3) is 5.91 Å². The van der Waals surface area contributed by atoms with E-state index in [0.717, 1.165) is 4.90 Å². The Bertz CT molecular complexity index is 661. The number of nitrogens with one attached hydrogen (secondary N) is 2. The molecule has 0 heterocycles. The molecule has 2 N–H and O–H groups in total. The summed E-state index contributed by atoms with van der Waals surface area (Å²) in [6.07, 6.45) is 0. The molecule has 2 aromatic rings. The van der Waals surface area contributed by atoms with Crippen molar-refractivity contribution >= 4 is 11.6 Å². The van der Waals surface area contributed by atoms with Crippen molar-refractivity contribution < 1.29 is 18.5 Å². The number of anilines is 1. The minimum absolute atomic E-state index is 0.151. The highest BCUT2D eigenvalue weighted by molar-refractivity contribution is 5.93. The van der Waals surface area contributed by atoms with Crippen LogP contribution in [0.5, 0.6) is 0 Å². The number of quaternary nitrogens is 1. The van der Waals surface area contributed by atoms with Crippen LogP contribution in [-0.2, 0) is 11.3 Å². The van der Waals surface area contributed by atoms with Crippen molar-refractivity contribution in [3.8, 4) is 0 Å². The van der Waals surface area contributed by atoms with E-state index in [1.807, 2.05) is 0 Å². The topological polar surface area (TPSA) is 33.5 Å². The molecule has 2 rings (SSSR count). The highest BCUT2D eigenvalue weighted by Gasteiger charge is 2.23. The first-order valence-electron chi connectivity index (χ1n) is 7.10. The van der Waals surface area contributed by atoms with Gasteiger partial charge in [-0.2, -0.15) is 0 Å². The zero-order chi connectivity index (χ0) is 16.1. The van der Waals surface area contributed by atoms with Gasteiger partial charge in [0.05, 0.1) is 12.7 Å². The van der Waals surface area contributed by atoms with Crippen molar-refractivity contribution in [2.45, 2.75) is 19.5 Å². The molecule has 0 aliphatic heterocycles. The quantitative estimate of drug-likeness (QED) is 0.870. The van der Waals surface area contributed by atoms with Gasteiger partial charge in [-0.1, -0.05) is 30.3 Å². The van der Waals surface area contributed by atoms with Gasteiger partial charge in [0, 0.05) is 5.56 Å². The molecule has 0 radical (unpaired) electrons. The molecule has 0 aliphatic rings. The first-order valence-corrected chi connectivity index (χ1v) is 7.10. The lowest BCUT2D eigenvalue weighted by Crippen LogP contribution is -3.12. The Hall–Kier alpha value is -2.27. The molecule has 1 amide bonds. The van der Waals surface area contributed by atoms with Gasteiger partial charge in [-0.05, 0) is 25.1 Å². The average Bonchev–Trinajstić information content (AvgIpc) is 2.51. The van der Waals surface area contributed by atoms with Gasteiger partial charge in [0.2, 0.25) is 0 Å². The molecule has 0 spiro atoms. The van der Waals surface area contributed by atoms with Crippen molar-refractivity contribution in [3.63, 3.8) is 0 Å². The van der Waals surface area contributed by atoms with Crippen molar-refractivity contribution in [2.75, 3.05) is 12.4 Å². The highest BCUT2D eigenvalue weighted by atomic mass is 19.1. The number of benzene rings is 2. The van der Waals surface area contributed by atoms with Crippen LogP contribution < -0.4 is 10.2 Å². The third-order valence-corrected chi connectivity index (χ3v) is 3.69. The summed E-state index contributed by atoms with van der Waals surface area (Å²) in [6.45, 7) is 2.10. The summed E-state index contributed by atoms with van der Waals surface area (Å²) in [5.41, 5.74) is 0.698. The fraction of sp³-hybridized carbons (Fsp3) is 0.235. The third kappa shape index (κ3) is 3.89. The molecule has 2 aromatic carbocycles. The second-order valence-electron chi connectivity index (χ2n) is 5.31. The number of carbonyl (C=O) groups is 1. The maximum Gasteiger partial charge on any atom is 0.282 e. The highest BCUT2D eigenvalue weighted by Crippen LogP contribution is 2.12. The van der Waals surface area contributed by atoms with Crippen molar-refractivity contribution in [1.29, 1.82) is 0 Å². The van der Waals surface area contributed by atoms with Crippen LogP contribution in [0, 0.1) is 11.6 Å². The Morgan fingerprint density at radius 2 is 1.68 bits per heavy atom. The molecule has 0 bridgehead atoms. The molecule has 0 saturated carbocycles. The lowest BCUT2D eigenvalue weighted by atomic mass is 10.1. The molecule has 1 unspecified atom stereocenters. The van der Waals surface area contributed by atoms with Gasteiger partial charge in [0.1, 0.15) is 18.2 Å². The molecule has 0 fully saturated rings. The first kappa shape index (κ1) is 16.1. The van der Waals surface area contributed by atoms with E-state index < -0.39 is 11.9 Å². The SMILES string of the molecule is C[C@H](C(=O)Nc1ccccc1F)[NH+](C)Cc1ccccc1F. The fourth-order valence-corrected chi connectivity index (χ4v) is 2.12. The Morgan fingerprint density at radius 1 is 1.09 bits per heavy atom. The van der Waals surface area contributed by atoms with E-state index >= 15 is 0 Å². The minimum atomic E-state index is -0.477. The van der Waals surface area contributed by atoms with Gasteiger partial charge >= 0.3 is 0 Å². The number of likely N-dealkylation sites (N-methyl/N-ethyl adjacent to an activating group) is 1. The standard InChI is InChI=1S/C17H18F2N2O/c1-12(17(22)20-16-10-6-5-9-15(16)19)21(2)11-13-7-3-4-8-14(13)18/h3-10,12H,11H2,1-2H3,(H,20,22)/p+1/t12-/m1/s1. The number of amides is 1. The number of para-hydroxylation sites is 1. The van der Waals surface area contributed by atoms with Crippen molar-refractivity contribution in [3.05, 3.63) is 65.7 Å². The van der Waals surface area contributed by atoms with E-state index in [2.05, 4.69) is 5.32 Å². The monoisotopic (exact) mass is 305 g/mol. The van der Waals surface area contributed by atoms with Crippen LogP contribution in [0.4, 0.5) is 14.5 Å². The number of halogens is 2. The summed E-state index contributed by atoms with van der Waals surface area (Å²) in [5, 5.41) is 2.56. The maximum atomic E-state index is 13.7. The Balaban J connectivity index is 2.01. The number of hydrogen-bond donors (Lipinski definition) is 2. The van der Waals surface area contributed by atoms with E-state index in [1.54, 1.807) is 44.3 Å². The second kappa shape index (κ2) is 7.13. The van der Waals surface area contributed by atoms with Crippen molar-refractivity contribution in [1.82, 2.24) is 0 Å². The van der Waals surface area contributed by atoms with Crippen LogP contribution in [0.2, 0.25) is 0 Å². The van der Waals surface area contributed by atoms with Crippen LogP contribution in [-0.4, -0.2) is 19.0 Å². The van der Waals surface area contributed by atoms with E-state index in [4.69, 9.17) is 0 Å². The van der Waals surface area contributed by atoms with E-state index in [1.165, 1.54) is 18.2 Å². The molecule has 3 nitrogen and oxygen atoms in total. The van der Waals surface area contributed by atoms with E-state index in [-0.39, 0.29) is 17.4 Å². The summed E-state index contributed by atoms with van der Waals surface area (Å²) in [5.74, 6) is -1.07. The number of hydrogen-bond acceptors (Lipinski definition) is 1. The number of carbonyl (C=O) groups excluding carboxylic acids is 1. The summed E-state index contributed by atoms with van der Waals surface area (Å²) in [6, 6.07) is 12.0. The molecule has 22 heavy (non-hydrogen) atoms. The molecule has 5 heteroatoms. The summed E-state index contributed by atoms with van der Waals surface area (Å²) in [7, 11) is 1.80. The Kier molecular flexibility index (Phi) is 5.22. The lowest BCUT2D eigenvalue weighted by molar-refractivity contribution is -0.908. The van der Waals surface area contributed by atoms with Gasteiger partial charge in [-0.25, -0.2) is 8.78 Å². The van der Waals surface area contributed by atoms with E-state index in [0.29, 0.717) is 12.1 Å². The lowest BCUT2D eigenvalue weighted by Gasteiger charge is -2.21. The zero-order valence-electron chi connectivity index (χ0n) is 12.6. The smallest absolute Gasteiger partial charge is 0.282 e. The van der Waals surface area contributed by atoms with Crippen LogP contribution in [0.3, 0.4) is 0 Å².